The Morgan fingerprint density at radius 3 is 3.00 bits per heavy atom. The second-order valence-corrected chi connectivity index (χ2v) is 5.46. The molecule has 0 aliphatic carbocycles. The van der Waals surface area contributed by atoms with Gasteiger partial charge in [0.1, 0.15) is 0 Å². The largest absolute Gasteiger partial charge is 0.352 e. The summed E-state index contributed by atoms with van der Waals surface area (Å²) in [6.07, 6.45) is 3.68. The van der Waals surface area contributed by atoms with E-state index in [4.69, 9.17) is 0 Å². The molecule has 88 valence electrons. The zero-order valence-electron chi connectivity index (χ0n) is 10.2. The van der Waals surface area contributed by atoms with Gasteiger partial charge in [-0.3, -0.25) is 9.48 Å². The third kappa shape index (κ3) is 2.26. The molecule has 2 heterocycles. The normalized spacial score (nSPS) is 20.3. The van der Waals surface area contributed by atoms with E-state index in [1.54, 1.807) is 0 Å². The number of hydrogen-bond donors (Lipinski definition) is 1. The van der Waals surface area contributed by atoms with Gasteiger partial charge in [-0.1, -0.05) is 20.8 Å². The molecule has 1 aliphatic rings. The van der Waals surface area contributed by atoms with Crippen molar-refractivity contribution in [2.24, 2.45) is 5.41 Å². The summed E-state index contributed by atoms with van der Waals surface area (Å²) in [5, 5.41) is 7.33. The van der Waals surface area contributed by atoms with Crippen LogP contribution in [0.4, 0.5) is 0 Å². The number of nitrogens with one attached hydrogen (secondary N) is 1. The zero-order chi connectivity index (χ0) is 11.8. The Morgan fingerprint density at radius 2 is 2.31 bits per heavy atom. The maximum absolute atomic E-state index is 11.8. The molecule has 16 heavy (non-hydrogen) atoms. The van der Waals surface area contributed by atoms with Crippen LogP contribution in [0.25, 0.3) is 0 Å². The Bertz CT molecular complexity index is 389. The number of carbonyl (C=O) groups excluding carboxylic acids is 1. The van der Waals surface area contributed by atoms with Crippen LogP contribution in [0.15, 0.2) is 12.3 Å². The molecule has 0 bridgehead atoms. The average Bonchev–Trinajstić information content (AvgIpc) is 2.63. The molecule has 1 aromatic rings. The van der Waals surface area contributed by atoms with Gasteiger partial charge in [-0.05, 0) is 12.5 Å². The van der Waals surface area contributed by atoms with Crippen LogP contribution >= 0.6 is 0 Å². The molecule has 2 rings (SSSR count). The van der Waals surface area contributed by atoms with E-state index in [-0.39, 0.29) is 17.4 Å². The maximum Gasteiger partial charge on any atom is 0.225 e. The highest BCUT2D eigenvalue weighted by Crippen LogP contribution is 2.17. The van der Waals surface area contributed by atoms with Crippen molar-refractivity contribution in [2.75, 3.05) is 0 Å². The molecule has 0 aromatic carbocycles. The molecule has 4 nitrogen and oxygen atoms in total. The molecule has 1 N–H and O–H groups in total. The molecule has 0 radical (unpaired) electrons. The van der Waals surface area contributed by atoms with Crippen LogP contribution in [0.5, 0.6) is 0 Å². The van der Waals surface area contributed by atoms with Crippen LogP contribution in [0.3, 0.4) is 0 Å². The number of amides is 1. The second-order valence-electron chi connectivity index (χ2n) is 5.46. The number of hydrogen-bond acceptors (Lipinski definition) is 2. The Hall–Kier alpha value is -1.32. The van der Waals surface area contributed by atoms with E-state index in [1.807, 2.05) is 37.7 Å². The van der Waals surface area contributed by atoms with Crippen LogP contribution in [0.1, 0.15) is 32.9 Å². The number of aromatic nitrogens is 2. The number of nitrogens with zero attached hydrogens (tertiary/aromatic N) is 2. The smallest absolute Gasteiger partial charge is 0.225 e. The molecule has 0 saturated carbocycles. The van der Waals surface area contributed by atoms with Crippen molar-refractivity contribution in [3.05, 3.63) is 18.0 Å². The Morgan fingerprint density at radius 1 is 1.56 bits per heavy atom. The fourth-order valence-corrected chi connectivity index (χ4v) is 1.89. The molecule has 4 heteroatoms. The molecular weight excluding hydrogens is 202 g/mol. The minimum Gasteiger partial charge on any atom is -0.352 e. The van der Waals surface area contributed by atoms with Crippen molar-refractivity contribution < 1.29 is 4.79 Å². The molecular formula is C12H19N3O. The van der Waals surface area contributed by atoms with Crippen molar-refractivity contribution in [2.45, 2.75) is 46.2 Å². The zero-order valence-corrected chi connectivity index (χ0v) is 10.2. The summed E-state index contributed by atoms with van der Waals surface area (Å²) in [5.41, 5.74) is 0.906. The highest BCUT2D eigenvalue weighted by Gasteiger charge is 2.26. The van der Waals surface area contributed by atoms with Gasteiger partial charge in [0.2, 0.25) is 5.91 Å². The van der Waals surface area contributed by atoms with E-state index < -0.39 is 0 Å². The third-order valence-corrected chi connectivity index (χ3v) is 2.97. The maximum atomic E-state index is 11.8. The lowest BCUT2D eigenvalue weighted by Gasteiger charge is -2.27. The Balaban J connectivity index is 1.97. The number of rotatable bonds is 1. The van der Waals surface area contributed by atoms with Crippen molar-refractivity contribution in [1.82, 2.24) is 15.1 Å². The highest BCUT2D eigenvalue weighted by atomic mass is 16.2. The van der Waals surface area contributed by atoms with Gasteiger partial charge in [0.15, 0.2) is 0 Å². The fraction of sp³-hybridized carbons (Fsp3) is 0.667. The first-order valence-corrected chi connectivity index (χ1v) is 5.78. The van der Waals surface area contributed by atoms with Crippen LogP contribution in [0, 0.1) is 5.41 Å². The molecule has 0 spiro atoms. The standard InChI is InChI=1S/C12H19N3O/c1-12(2,3)11(16)14-9-5-7-15-10(8-9)4-6-13-15/h4,6,9H,5,7-8H2,1-3H3,(H,14,16)/t9-/m0/s1. The topological polar surface area (TPSA) is 46.9 Å². The monoisotopic (exact) mass is 221 g/mol. The third-order valence-electron chi connectivity index (χ3n) is 2.97. The van der Waals surface area contributed by atoms with Crippen LogP contribution in [-0.4, -0.2) is 21.7 Å². The minimum absolute atomic E-state index is 0.130. The summed E-state index contributed by atoms with van der Waals surface area (Å²) in [5.74, 6) is 0.130. The first-order chi connectivity index (χ1) is 7.47. The van der Waals surface area contributed by atoms with Gasteiger partial charge in [-0.15, -0.1) is 0 Å². The Kier molecular flexibility index (Phi) is 2.74. The minimum atomic E-state index is -0.308. The van der Waals surface area contributed by atoms with E-state index in [2.05, 4.69) is 10.4 Å². The predicted molar refractivity (Wildman–Crippen MR) is 61.9 cm³/mol. The van der Waals surface area contributed by atoms with Gasteiger partial charge in [0.05, 0.1) is 0 Å². The van der Waals surface area contributed by atoms with Crippen molar-refractivity contribution in [3.63, 3.8) is 0 Å². The highest BCUT2D eigenvalue weighted by molar-refractivity contribution is 5.81. The quantitative estimate of drug-likeness (QED) is 0.778. The summed E-state index contributed by atoms with van der Waals surface area (Å²) >= 11 is 0. The molecule has 0 unspecified atom stereocenters. The summed E-state index contributed by atoms with van der Waals surface area (Å²) in [6, 6.07) is 2.28. The lowest BCUT2D eigenvalue weighted by molar-refractivity contribution is -0.129. The molecule has 1 aromatic heterocycles. The number of carbonyl (C=O) groups is 1. The summed E-state index contributed by atoms with van der Waals surface area (Å²) in [6.45, 7) is 6.72. The number of fused-ring (bicyclic) bond motifs is 1. The lowest BCUT2D eigenvalue weighted by atomic mass is 9.94. The van der Waals surface area contributed by atoms with Crippen LogP contribution in [-0.2, 0) is 17.8 Å². The second kappa shape index (κ2) is 3.92. The SMILES string of the molecule is CC(C)(C)C(=O)N[C@H]1CCn2nccc2C1. The summed E-state index contributed by atoms with van der Waals surface area (Å²) < 4.78 is 2.01. The first kappa shape index (κ1) is 11.2. The van der Waals surface area contributed by atoms with Crippen LogP contribution < -0.4 is 5.32 Å². The average molecular weight is 221 g/mol. The molecule has 1 atom stereocenters. The Labute approximate surface area is 96.0 Å². The number of aryl methyl sites for hydroxylation is 1. The summed E-state index contributed by atoms with van der Waals surface area (Å²) in [4.78, 5) is 11.8. The van der Waals surface area contributed by atoms with Gasteiger partial charge in [-0.25, -0.2) is 0 Å². The first-order valence-electron chi connectivity index (χ1n) is 5.78. The summed E-state index contributed by atoms with van der Waals surface area (Å²) in [7, 11) is 0. The molecule has 1 aliphatic heterocycles. The van der Waals surface area contributed by atoms with Gasteiger partial charge < -0.3 is 5.32 Å². The van der Waals surface area contributed by atoms with Crippen molar-refractivity contribution in [3.8, 4) is 0 Å². The van der Waals surface area contributed by atoms with Gasteiger partial charge >= 0.3 is 0 Å². The van der Waals surface area contributed by atoms with Crippen molar-refractivity contribution >= 4 is 5.91 Å². The molecule has 0 fully saturated rings. The van der Waals surface area contributed by atoms with E-state index in [0.29, 0.717) is 0 Å². The van der Waals surface area contributed by atoms with E-state index in [9.17, 15) is 4.79 Å². The molecule has 1 amide bonds. The van der Waals surface area contributed by atoms with Crippen molar-refractivity contribution in [1.29, 1.82) is 0 Å². The van der Waals surface area contributed by atoms with Gasteiger partial charge in [-0.2, -0.15) is 5.10 Å². The van der Waals surface area contributed by atoms with Gasteiger partial charge in [0, 0.05) is 36.3 Å². The van der Waals surface area contributed by atoms with E-state index in [0.717, 1.165) is 19.4 Å². The van der Waals surface area contributed by atoms with Crippen LogP contribution in [0.2, 0.25) is 0 Å². The van der Waals surface area contributed by atoms with E-state index in [1.165, 1.54) is 5.69 Å². The molecule has 0 saturated heterocycles. The van der Waals surface area contributed by atoms with E-state index >= 15 is 0 Å². The fourth-order valence-electron chi connectivity index (χ4n) is 1.89. The predicted octanol–water partition coefficient (Wildman–Crippen LogP) is 1.36. The van der Waals surface area contributed by atoms with Gasteiger partial charge in [0.25, 0.3) is 0 Å². The lowest BCUT2D eigenvalue weighted by Crippen LogP contribution is -2.45.